The highest BCUT2D eigenvalue weighted by Gasteiger charge is 2.82. The number of aliphatic hydroxyl groups is 2. The Kier molecular flexibility index (Phi) is 5.80. The number of ether oxygens (including phenoxy) is 1. The maximum Gasteiger partial charge on any atom is 0.287 e. The molecule has 3 saturated carbocycles. The third-order valence-electron chi connectivity index (χ3n) is 7.56. The molecule has 12 heteroatoms. The first-order valence-corrected chi connectivity index (χ1v) is 11.4. The second-order valence-corrected chi connectivity index (χ2v) is 9.88. The van der Waals surface area contributed by atoms with Crippen LogP contribution in [0.4, 0.5) is 17.6 Å². The van der Waals surface area contributed by atoms with Crippen molar-refractivity contribution in [2.24, 2.45) is 11.1 Å². The molecule has 0 amide bonds. The first kappa shape index (κ1) is 24.6. The van der Waals surface area contributed by atoms with Crippen LogP contribution in [0.3, 0.4) is 0 Å². The van der Waals surface area contributed by atoms with Crippen molar-refractivity contribution in [1.29, 1.82) is 0 Å². The number of nitrogens with zero attached hydrogens (tertiary/aromatic N) is 4. The van der Waals surface area contributed by atoms with Crippen molar-refractivity contribution in [2.75, 3.05) is 13.2 Å². The molecule has 3 fully saturated rings. The van der Waals surface area contributed by atoms with E-state index < -0.39 is 52.2 Å². The van der Waals surface area contributed by atoms with E-state index in [0.29, 0.717) is 11.8 Å². The van der Waals surface area contributed by atoms with Crippen molar-refractivity contribution in [2.45, 2.75) is 48.8 Å². The number of rotatable bonds is 10. The number of benzene rings is 2. The van der Waals surface area contributed by atoms with Crippen LogP contribution in [0, 0.1) is 17.0 Å². The molecule has 2 aromatic carbocycles. The summed E-state index contributed by atoms with van der Waals surface area (Å²) in [6.07, 6.45) is 0.504. The lowest BCUT2D eigenvalue weighted by Crippen LogP contribution is -2.76. The van der Waals surface area contributed by atoms with Crippen molar-refractivity contribution < 1.29 is 32.5 Å². The number of aliphatic hydroxyl groups excluding tert-OH is 1. The van der Waals surface area contributed by atoms with Gasteiger partial charge in [-0.15, -0.1) is 5.10 Å². The number of hydrogen-bond acceptors (Lipinski definition) is 7. The second-order valence-electron chi connectivity index (χ2n) is 9.88. The van der Waals surface area contributed by atoms with Gasteiger partial charge < -0.3 is 20.7 Å². The van der Waals surface area contributed by atoms with Gasteiger partial charge in [-0.3, -0.25) is 0 Å². The van der Waals surface area contributed by atoms with Gasteiger partial charge in [0.25, 0.3) is 5.92 Å². The van der Waals surface area contributed by atoms with Crippen molar-refractivity contribution in [1.82, 2.24) is 20.2 Å². The van der Waals surface area contributed by atoms with Gasteiger partial charge in [-0.2, -0.15) is 0 Å². The van der Waals surface area contributed by atoms with E-state index in [1.165, 1.54) is 0 Å². The maximum atomic E-state index is 16.2. The standard InChI is InChI=1S/C24H25F4N5O3/c25-16-3-6-19(20(26)7-16)23(35,13-33-14-30-31-32-33)24(27,28)22-10-21(11-22,12-22)15-1-4-18(5-2-15)36-9-17(34)8-29/h1-7,14,17,34-35H,8-13,29H2/t17-,21?,22?,23-/m0/s1. The van der Waals surface area contributed by atoms with Crippen LogP contribution in [0.5, 0.6) is 5.75 Å². The van der Waals surface area contributed by atoms with Crippen LogP contribution in [0.25, 0.3) is 0 Å². The number of aromatic nitrogens is 4. The first-order chi connectivity index (χ1) is 17.0. The second kappa shape index (κ2) is 8.49. The minimum Gasteiger partial charge on any atom is -0.491 e. The molecular weight excluding hydrogens is 482 g/mol. The zero-order valence-corrected chi connectivity index (χ0v) is 19.1. The summed E-state index contributed by atoms with van der Waals surface area (Å²) >= 11 is 0. The first-order valence-electron chi connectivity index (χ1n) is 11.4. The third kappa shape index (κ3) is 3.66. The molecular formula is C24H25F4N5O3. The number of halogens is 4. The highest BCUT2D eigenvalue weighted by Crippen LogP contribution is 2.80. The molecule has 0 radical (unpaired) electrons. The van der Waals surface area contributed by atoms with Gasteiger partial charge in [-0.25, -0.2) is 22.2 Å². The molecule has 3 aromatic rings. The molecule has 4 N–H and O–H groups in total. The van der Waals surface area contributed by atoms with E-state index in [-0.39, 0.29) is 32.4 Å². The number of alkyl halides is 2. The van der Waals surface area contributed by atoms with E-state index in [1.807, 2.05) is 0 Å². The predicted octanol–water partition coefficient (Wildman–Crippen LogP) is 2.29. The summed E-state index contributed by atoms with van der Waals surface area (Å²) < 4.78 is 67.0. The summed E-state index contributed by atoms with van der Waals surface area (Å²) in [6, 6.07) is 9.12. The molecule has 3 aliphatic rings. The Hall–Kier alpha value is -3.09. The normalized spacial score (nSPS) is 25.4. The van der Waals surface area contributed by atoms with Crippen LogP contribution in [-0.4, -0.2) is 55.6 Å². The topological polar surface area (TPSA) is 119 Å². The van der Waals surface area contributed by atoms with Gasteiger partial charge >= 0.3 is 0 Å². The molecule has 0 unspecified atom stereocenters. The molecule has 36 heavy (non-hydrogen) atoms. The van der Waals surface area contributed by atoms with Crippen LogP contribution in [0.15, 0.2) is 48.8 Å². The van der Waals surface area contributed by atoms with Gasteiger partial charge in [0.15, 0.2) is 5.60 Å². The summed E-state index contributed by atoms with van der Waals surface area (Å²) in [5.74, 6) is -5.49. The van der Waals surface area contributed by atoms with Crippen molar-refractivity contribution in [3.8, 4) is 5.75 Å². The fraction of sp³-hybridized carbons (Fsp3) is 0.458. The van der Waals surface area contributed by atoms with Crippen LogP contribution in [0.1, 0.15) is 30.4 Å². The van der Waals surface area contributed by atoms with Crippen LogP contribution >= 0.6 is 0 Å². The fourth-order valence-electron chi connectivity index (χ4n) is 5.70. The zero-order valence-electron chi connectivity index (χ0n) is 19.1. The molecule has 0 saturated heterocycles. The van der Waals surface area contributed by atoms with Crippen molar-refractivity contribution in [3.05, 3.63) is 71.6 Å². The van der Waals surface area contributed by atoms with Crippen LogP contribution in [-0.2, 0) is 17.6 Å². The lowest BCUT2D eigenvalue weighted by Gasteiger charge is -2.74. The van der Waals surface area contributed by atoms with Gasteiger partial charge in [-0.1, -0.05) is 12.1 Å². The Morgan fingerprint density at radius 2 is 1.81 bits per heavy atom. The van der Waals surface area contributed by atoms with Crippen LogP contribution in [0.2, 0.25) is 0 Å². The van der Waals surface area contributed by atoms with Gasteiger partial charge in [0.05, 0.1) is 6.54 Å². The summed E-state index contributed by atoms with van der Waals surface area (Å²) in [5, 5.41) is 31.3. The van der Waals surface area contributed by atoms with Gasteiger partial charge in [-0.05, 0) is 64.9 Å². The predicted molar refractivity (Wildman–Crippen MR) is 118 cm³/mol. The third-order valence-corrected chi connectivity index (χ3v) is 7.56. The molecule has 1 heterocycles. The van der Waals surface area contributed by atoms with E-state index in [0.717, 1.165) is 28.7 Å². The Morgan fingerprint density at radius 3 is 2.39 bits per heavy atom. The number of tetrazole rings is 1. The van der Waals surface area contributed by atoms with Gasteiger partial charge in [0.1, 0.15) is 36.4 Å². The zero-order chi connectivity index (χ0) is 25.8. The summed E-state index contributed by atoms with van der Waals surface area (Å²) in [6.45, 7) is -0.708. The Labute approximate surface area is 203 Å². The Balaban J connectivity index is 1.38. The van der Waals surface area contributed by atoms with E-state index in [4.69, 9.17) is 10.5 Å². The highest BCUT2D eigenvalue weighted by molar-refractivity contribution is 5.44. The minimum atomic E-state index is -3.78. The van der Waals surface area contributed by atoms with Crippen LogP contribution < -0.4 is 10.5 Å². The average Bonchev–Trinajstić information content (AvgIpc) is 3.29. The van der Waals surface area contributed by atoms with E-state index in [2.05, 4.69) is 15.5 Å². The monoisotopic (exact) mass is 507 g/mol. The average molecular weight is 507 g/mol. The number of nitrogens with two attached hydrogens (primary N) is 1. The smallest absolute Gasteiger partial charge is 0.287 e. The Bertz CT molecular complexity index is 1220. The number of hydrogen-bond donors (Lipinski definition) is 3. The Morgan fingerprint density at radius 1 is 1.11 bits per heavy atom. The van der Waals surface area contributed by atoms with E-state index in [1.54, 1.807) is 24.3 Å². The fourth-order valence-corrected chi connectivity index (χ4v) is 5.70. The van der Waals surface area contributed by atoms with E-state index in [9.17, 15) is 19.0 Å². The highest BCUT2D eigenvalue weighted by atomic mass is 19.3. The molecule has 2 atom stereocenters. The molecule has 192 valence electrons. The summed E-state index contributed by atoms with van der Waals surface area (Å²) in [7, 11) is 0. The summed E-state index contributed by atoms with van der Waals surface area (Å²) in [5.41, 5.74) is 0.409. The molecule has 3 aliphatic carbocycles. The van der Waals surface area contributed by atoms with Crippen molar-refractivity contribution >= 4 is 0 Å². The largest absolute Gasteiger partial charge is 0.491 e. The molecule has 6 rings (SSSR count). The lowest BCUT2D eigenvalue weighted by atomic mass is 9.30. The van der Waals surface area contributed by atoms with Crippen molar-refractivity contribution in [3.63, 3.8) is 0 Å². The quantitative estimate of drug-likeness (QED) is 0.360. The van der Waals surface area contributed by atoms with E-state index >= 15 is 8.78 Å². The molecule has 0 spiro atoms. The van der Waals surface area contributed by atoms with Gasteiger partial charge in [0.2, 0.25) is 0 Å². The molecule has 0 aliphatic heterocycles. The molecule has 1 aromatic heterocycles. The molecule has 8 nitrogen and oxygen atoms in total. The summed E-state index contributed by atoms with van der Waals surface area (Å²) in [4.78, 5) is 0. The maximum absolute atomic E-state index is 16.2. The molecule has 2 bridgehead atoms. The minimum absolute atomic E-state index is 0.0378. The lowest BCUT2D eigenvalue weighted by molar-refractivity contribution is -0.347. The van der Waals surface area contributed by atoms with Gasteiger partial charge in [0, 0.05) is 23.6 Å². The SMILES string of the molecule is NC[C@H](O)COc1ccc(C23CC(C(F)(F)[C@](O)(Cn4cnnn4)c4ccc(F)cc4F)(C2)C3)cc1.